The van der Waals surface area contributed by atoms with Crippen molar-refractivity contribution in [3.8, 4) is 0 Å². The van der Waals surface area contributed by atoms with E-state index in [-0.39, 0.29) is 6.10 Å². The maximum Gasteiger partial charge on any atom is 0.0543 e. The fourth-order valence-electron chi connectivity index (χ4n) is 9.90. The quantitative estimate of drug-likeness (QED) is 0.463. The molecule has 0 aromatic rings. The molecule has 4 saturated carbocycles. The van der Waals surface area contributed by atoms with Crippen LogP contribution < -0.4 is 0 Å². The van der Waals surface area contributed by atoms with Gasteiger partial charge >= 0.3 is 0 Å². The molecule has 4 fully saturated rings. The molecule has 0 amide bonds. The summed E-state index contributed by atoms with van der Waals surface area (Å²) in [7, 11) is 0. The van der Waals surface area contributed by atoms with Crippen molar-refractivity contribution in [1.82, 2.24) is 0 Å². The van der Waals surface area contributed by atoms with Crippen LogP contribution in [0.25, 0.3) is 0 Å². The van der Waals surface area contributed by atoms with Crippen LogP contribution in [0.15, 0.2) is 0 Å². The third-order valence-corrected chi connectivity index (χ3v) is 11.9. The van der Waals surface area contributed by atoms with Crippen molar-refractivity contribution in [1.29, 1.82) is 0 Å². The lowest BCUT2D eigenvalue weighted by atomic mass is 9.44. The third kappa shape index (κ3) is 3.82. The summed E-state index contributed by atoms with van der Waals surface area (Å²) in [6.07, 6.45) is 16.5. The fraction of sp³-hybridized carbons (Fsp3) is 1.00. The minimum Gasteiger partial charge on any atom is -0.393 e. The first kappa shape index (κ1) is 23.1. The molecule has 0 bridgehead atoms. The van der Waals surface area contributed by atoms with Crippen molar-refractivity contribution in [2.24, 2.45) is 58.2 Å². The minimum atomic E-state index is -0.0111. The maximum absolute atomic E-state index is 10.3. The van der Waals surface area contributed by atoms with Crippen molar-refractivity contribution in [2.45, 2.75) is 125 Å². The Morgan fingerprint density at radius 3 is 2.23 bits per heavy atom. The summed E-state index contributed by atoms with van der Waals surface area (Å²) in [5.74, 6) is 7.34. The van der Waals surface area contributed by atoms with E-state index in [1.54, 1.807) is 0 Å². The Kier molecular flexibility index (Phi) is 6.72. The van der Waals surface area contributed by atoms with Gasteiger partial charge < -0.3 is 5.11 Å². The van der Waals surface area contributed by atoms with E-state index < -0.39 is 0 Å². The van der Waals surface area contributed by atoms with Crippen LogP contribution in [-0.4, -0.2) is 11.2 Å². The van der Waals surface area contributed by atoms with Gasteiger partial charge in [0.15, 0.2) is 0 Å². The van der Waals surface area contributed by atoms with Crippen molar-refractivity contribution >= 4 is 0 Å². The number of aliphatic hydroxyl groups excluding tert-OH is 1. The van der Waals surface area contributed by atoms with Crippen molar-refractivity contribution in [3.63, 3.8) is 0 Å². The Bertz CT molecular complexity index is 583. The van der Waals surface area contributed by atoms with Gasteiger partial charge in [0.1, 0.15) is 0 Å². The smallest absolute Gasteiger partial charge is 0.0543 e. The Morgan fingerprint density at radius 1 is 0.833 bits per heavy atom. The lowest BCUT2D eigenvalue weighted by Gasteiger charge is -2.61. The molecule has 0 saturated heterocycles. The highest BCUT2D eigenvalue weighted by atomic mass is 16.3. The van der Waals surface area contributed by atoms with Gasteiger partial charge in [0.05, 0.1) is 6.10 Å². The van der Waals surface area contributed by atoms with E-state index in [9.17, 15) is 5.11 Å². The Labute approximate surface area is 188 Å². The molecule has 4 rings (SSSR count). The second-order valence-electron chi connectivity index (χ2n) is 13.3. The number of aliphatic hydroxyl groups is 1. The molecule has 1 N–H and O–H groups in total. The molecular formula is C29H52O. The Hall–Kier alpha value is -0.0400. The van der Waals surface area contributed by atoms with Crippen LogP contribution in [0.5, 0.6) is 0 Å². The molecule has 0 aromatic heterocycles. The predicted octanol–water partition coefficient (Wildman–Crippen LogP) is 8.10. The normalized spacial score (nSPS) is 48.0. The Morgan fingerprint density at radius 2 is 1.53 bits per heavy atom. The van der Waals surface area contributed by atoms with E-state index in [1.165, 1.54) is 64.2 Å². The van der Waals surface area contributed by atoms with Gasteiger partial charge in [-0.3, -0.25) is 0 Å². The number of rotatable bonds is 6. The van der Waals surface area contributed by atoms with Crippen LogP contribution in [0.1, 0.15) is 119 Å². The van der Waals surface area contributed by atoms with E-state index in [1.807, 2.05) is 0 Å². The average molecular weight is 417 g/mol. The second kappa shape index (κ2) is 8.72. The van der Waals surface area contributed by atoms with E-state index in [0.29, 0.717) is 10.8 Å². The van der Waals surface area contributed by atoms with Gasteiger partial charge in [0.25, 0.3) is 0 Å². The molecule has 10 atom stereocenters. The number of hydrogen-bond acceptors (Lipinski definition) is 1. The summed E-state index contributed by atoms with van der Waals surface area (Å²) in [6.45, 7) is 15.2. The standard InChI is InChI=1S/C29H52O/c1-7-21(19(2)3)9-8-20(4)25-12-13-26-24-11-10-22-18-23(30)14-16-28(22,5)27(24)15-17-29(25,26)6/h19-27,30H,7-18H2,1-6H3/t20-,21-,22+,23+,24-,25-,26-,27-,28+,29-/m1/s1. The van der Waals surface area contributed by atoms with E-state index in [2.05, 4.69) is 41.5 Å². The molecule has 174 valence electrons. The van der Waals surface area contributed by atoms with Crippen LogP contribution in [0.4, 0.5) is 0 Å². The molecule has 0 aliphatic heterocycles. The highest BCUT2D eigenvalue weighted by Crippen LogP contribution is 2.68. The third-order valence-electron chi connectivity index (χ3n) is 11.9. The zero-order chi connectivity index (χ0) is 21.7. The van der Waals surface area contributed by atoms with Gasteiger partial charge in [-0.15, -0.1) is 0 Å². The van der Waals surface area contributed by atoms with Crippen LogP contribution in [0.3, 0.4) is 0 Å². The first-order valence-corrected chi connectivity index (χ1v) is 13.9. The summed E-state index contributed by atoms with van der Waals surface area (Å²) in [5, 5.41) is 10.3. The zero-order valence-corrected chi connectivity index (χ0v) is 21.1. The topological polar surface area (TPSA) is 20.2 Å². The molecule has 1 heteroatoms. The summed E-state index contributed by atoms with van der Waals surface area (Å²) < 4.78 is 0. The van der Waals surface area contributed by atoms with Crippen molar-refractivity contribution in [2.75, 3.05) is 0 Å². The maximum atomic E-state index is 10.3. The largest absolute Gasteiger partial charge is 0.393 e. The first-order valence-electron chi connectivity index (χ1n) is 13.9. The molecule has 0 radical (unpaired) electrons. The lowest BCUT2D eigenvalue weighted by molar-refractivity contribution is -0.129. The molecule has 0 aromatic carbocycles. The molecular weight excluding hydrogens is 364 g/mol. The van der Waals surface area contributed by atoms with E-state index in [4.69, 9.17) is 0 Å². The fourth-order valence-corrected chi connectivity index (χ4v) is 9.90. The molecule has 0 heterocycles. The summed E-state index contributed by atoms with van der Waals surface area (Å²) in [6, 6.07) is 0. The summed E-state index contributed by atoms with van der Waals surface area (Å²) in [4.78, 5) is 0. The van der Waals surface area contributed by atoms with E-state index in [0.717, 1.165) is 60.2 Å². The highest BCUT2D eigenvalue weighted by Gasteiger charge is 2.60. The molecule has 4 aliphatic carbocycles. The van der Waals surface area contributed by atoms with Crippen molar-refractivity contribution in [3.05, 3.63) is 0 Å². The van der Waals surface area contributed by atoms with Crippen molar-refractivity contribution < 1.29 is 5.11 Å². The second-order valence-corrected chi connectivity index (χ2v) is 13.3. The Balaban J connectivity index is 1.45. The monoisotopic (exact) mass is 416 g/mol. The molecule has 1 nitrogen and oxygen atoms in total. The van der Waals surface area contributed by atoms with Gasteiger partial charge in [-0.25, -0.2) is 0 Å². The summed E-state index contributed by atoms with van der Waals surface area (Å²) in [5.41, 5.74) is 1.14. The first-order chi connectivity index (χ1) is 14.2. The van der Waals surface area contributed by atoms with Crippen LogP contribution in [-0.2, 0) is 0 Å². The van der Waals surface area contributed by atoms with Gasteiger partial charge in [0, 0.05) is 0 Å². The van der Waals surface area contributed by atoms with Gasteiger partial charge in [-0.05, 0) is 122 Å². The molecule has 0 spiro atoms. The van der Waals surface area contributed by atoms with Crippen LogP contribution in [0, 0.1) is 58.2 Å². The molecule has 0 unspecified atom stereocenters. The highest BCUT2D eigenvalue weighted by molar-refractivity contribution is 5.09. The minimum absolute atomic E-state index is 0.0111. The number of fused-ring (bicyclic) bond motifs is 5. The van der Waals surface area contributed by atoms with Crippen LogP contribution in [0.2, 0.25) is 0 Å². The average Bonchev–Trinajstić information content (AvgIpc) is 3.06. The van der Waals surface area contributed by atoms with Gasteiger partial charge in [-0.1, -0.05) is 54.4 Å². The number of hydrogen-bond donors (Lipinski definition) is 1. The zero-order valence-electron chi connectivity index (χ0n) is 21.1. The van der Waals surface area contributed by atoms with Gasteiger partial charge in [0.2, 0.25) is 0 Å². The summed E-state index contributed by atoms with van der Waals surface area (Å²) >= 11 is 0. The SMILES string of the molecule is CC[C@H](CC[C@@H](C)[C@H]1CC[C@@H]2[C@H]3CC[C@H]4C[C@@H](O)CC[C@]4(C)[C@@H]3CC[C@@]21C)C(C)C. The van der Waals surface area contributed by atoms with Crippen LogP contribution >= 0.6 is 0 Å². The molecule has 30 heavy (non-hydrogen) atoms. The predicted molar refractivity (Wildman–Crippen MR) is 128 cm³/mol. The lowest BCUT2D eigenvalue weighted by Crippen LogP contribution is -2.54. The van der Waals surface area contributed by atoms with E-state index >= 15 is 0 Å². The molecule has 4 aliphatic rings. The van der Waals surface area contributed by atoms with Gasteiger partial charge in [-0.2, -0.15) is 0 Å².